The Hall–Kier alpha value is -0.990. The van der Waals surface area contributed by atoms with Crippen molar-refractivity contribution in [2.24, 2.45) is 0 Å². The van der Waals surface area contributed by atoms with Gasteiger partial charge in [0.25, 0.3) is 0 Å². The van der Waals surface area contributed by atoms with Crippen molar-refractivity contribution < 1.29 is 4.74 Å². The van der Waals surface area contributed by atoms with Crippen LogP contribution in [0, 0.1) is 0 Å². The van der Waals surface area contributed by atoms with Crippen LogP contribution in [-0.2, 0) is 0 Å². The summed E-state index contributed by atoms with van der Waals surface area (Å²) in [6.45, 7) is 6.18. The minimum Gasteiger partial charge on any atom is -0.485 e. The lowest BCUT2D eigenvalue weighted by atomic mass is 9.96. The van der Waals surface area contributed by atoms with E-state index in [4.69, 9.17) is 4.74 Å². The summed E-state index contributed by atoms with van der Waals surface area (Å²) in [4.78, 5) is 0. The van der Waals surface area contributed by atoms with Crippen molar-refractivity contribution in [3.8, 4) is 5.75 Å². The second-order valence-electron chi connectivity index (χ2n) is 5.66. The maximum absolute atomic E-state index is 5.79. The number of aromatic nitrogens is 2. The summed E-state index contributed by atoms with van der Waals surface area (Å²) in [5.41, 5.74) is -0.138. The molecule has 0 aliphatic heterocycles. The van der Waals surface area contributed by atoms with Gasteiger partial charge < -0.3 is 4.74 Å². The molecule has 1 aromatic rings. The van der Waals surface area contributed by atoms with E-state index >= 15 is 0 Å². The standard InChI is InChI=1S/C13H22N2O/c1-13(2,3)16-12-9-14-15(10-12)11-7-5-4-6-8-11/h9-11H,4-8H2,1-3H3. The number of ether oxygens (including phenoxy) is 1. The van der Waals surface area contributed by atoms with E-state index in [1.165, 1.54) is 32.1 Å². The normalized spacial score (nSPS) is 18.7. The van der Waals surface area contributed by atoms with Crippen molar-refractivity contribution in [3.63, 3.8) is 0 Å². The highest BCUT2D eigenvalue weighted by molar-refractivity contribution is 5.13. The Morgan fingerprint density at radius 1 is 1.25 bits per heavy atom. The fourth-order valence-electron chi connectivity index (χ4n) is 2.27. The summed E-state index contributed by atoms with van der Waals surface area (Å²) in [5.74, 6) is 0.887. The van der Waals surface area contributed by atoms with Gasteiger partial charge in [-0.05, 0) is 33.6 Å². The summed E-state index contributed by atoms with van der Waals surface area (Å²) in [6, 6.07) is 0.589. The van der Waals surface area contributed by atoms with Gasteiger partial charge in [0, 0.05) is 0 Å². The van der Waals surface area contributed by atoms with Crippen LogP contribution in [-0.4, -0.2) is 15.4 Å². The molecule has 1 saturated carbocycles. The van der Waals surface area contributed by atoms with Crippen molar-refractivity contribution in [2.75, 3.05) is 0 Å². The zero-order valence-electron chi connectivity index (χ0n) is 10.6. The Balaban J connectivity index is 2.01. The molecule has 0 unspecified atom stereocenters. The van der Waals surface area contributed by atoms with E-state index in [1.54, 1.807) is 0 Å². The Morgan fingerprint density at radius 2 is 1.94 bits per heavy atom. The molecular weight excluding hydrogens is 200 g/mol. The van der Waals surface area contributed by atoms with Crippen molar-refractivity contribution in [2.45, 2.75) is 64.5 Å². The molecule has 0 N–H and O–H groups in total. The van der Waals surface area contributed by atoms with Crippen LogP contribution in [0.2, 0.25) is 0 Å². The lowest BCUT2D eigenvalue weighted by Crippen LogP contribution is -2.22. The first-order valence-electron chi connectivity index (χ1n) is 6.28. The summed E-state index contributed by atoms with van der Waals surface area (Å²) < 4.78 is 7.87. The molecule has 90 valence electrons. The molecule has 0 aromatic carbocycles. The second-order valence-corrected chi connectivity index (χ2v) is 5.66. The van der Waals surface area contributed by atoms with Crippen molar-refractivity contribution in [1.29, 1.82) is 0 Å². The third-order valence-corrected chi connectivity index (χ3v) is 2.95. The molecule has 0 radical (unpaired) electrons. The number of hydrogen-bond acceptors (Lipinski definition) is 2. The van der Waals surface area contributed by atoms with E-state index in [0.717, 1.165) is 5.75 Å². The van der Waals surface area contributed by atoms with Crippen LogP contribution >= 0.6 is 0 Å². The zero-order valence-corrected chi connectivity index (χ0v) is 10.6. The average molecular weight is 222 g/mol. The third kappa shape index (κ3) is 3.00. The molecule has 1 aliphatic carbocycles. The van der Waals surface area contributed by atoms with Crippen molar-refractivity contribution >= 4 is 0 Å². The summed E-state index contributed by atoms with van der Waals surface area (Å²) in [7, 11) is 0. The van der Waals surface area contributed by atoms with Crippen LogP contribution in [0.25, 0.3) is 0 Å². The number of nitrogens with zero attached hydrogens (tertiary/aromatic N) is 2. The smallest absolute Gasteiger partial charge is 0.157 e. The fourth-order valence-corrected chi connectivity index (χ4v) is 2.27. The fraction of sp³-hybridized carbons (Fsp3) is 0.769. The molecule has 0 atom stereocenters. The maximum atomic E-state index is 5.79. The summed E-state index contributed by atoms with van der Waals surface area (Å²) in [5, 5.41) is 4.42. The molecule has 0 saturated heterocycles. The highest BCUT2D eigenvalue weighted by Gasteiger charge is 2.18. The highest BCUT2D eigenvalue weighted by Crippen LogP contribution is 2.29. The van der Waals surface area contributed by atoms with Crippen LogP contribution in [0.3, 0.4) is 0 Å². The predicted molar refractivity (Wildman–Crippen MR) is 64.7 cm³/mol. The molecule has 1 heterocycles. The van der Waals surface area contributed by atoms with Crippen LogP contribution in [0.1, 0.15) is 58.9 Å². The lowest BCUT2D eigenvalue weighted by Gasteiger charge is -2.22. The maximum Gasteiger partial charge on any atom is 0.157 e. The van der Waals surface area contributed by atoms with Gasteiger partial charge in [0.2, 0.25) is 0 Å². The minimum atomic E-state index is -0.138. The lowest BCUT2D eigenvalue weighted by molar-refractivity contribution is 0.130. The Bertz CT molecular complexity index is 332. The monoisotopic (exact) mass is 222 g/mol. The first-order chi connectivity index (χ1) is 7.54. The van der Waals surface area contributed by atoms with E-state index in [0.29, 0.717) is 6.04 Å². The van der Waals surface area contributed by atoms with Gasteiger partial charge in [-0.25, -0.2) is 0 Å². The highest BCUT2D eigenvalue weighted by atomic mass is 16.5. The van der Waals surface area contributed by atoms with E-state index in [1.807, 2.05) is 12.4 Å². The summed E-state index contributed by atoms with van der Waals surface area (Å²) >= 11 is 0. The quantitative estimate of drug-likeness (QED) is 0.765. The van der Waals surface area contributed by atoms with Gasteiger partial charge in [0.15, 0.2) is 5.75 Å². The first-order valence-corrected chi connectivity index (χ1v) is 6.28. The SMILES string of the molecule is CC(C)(C)Oc1cnn(C2CCCCC2)c1. The Labute approximate surface area is 97.8 Å². The number of hydrogen-bond donors (Lipinski definition) is 0. The molecule has 3 heteroatoms. The molecule has 0 bridgehead atoms. The van der Waals surface area contributed by atoms with Crippen LogP contribution in [0.5, 0.6) is 5.75 Å². The van der Waals surface area contributed by atoms with E-state index in [-0.39, 0.29) is 5.60 Å². The van der Waals surface area contributed by atoms with Crippen molar-refractivity contribution in [3.05, 3.63) is 12.4 Å². The van der Waals surface area contributed by atoms with Gasteiger partial charge in [-0.1, -0.05) is 19.3 Å². The molecule has 0 spiro atoms. The molecule has 1 aromatic heterocycles. The Kier molecular flexibility index (Phi) is 3.22. The molecular formula is C13H22N2O. The Morgan fingerprint density at radius 3 is 2.56 bits per heavy atom. The van der Waals surface area contributed by atoms with E-state index in [9.17, 15) is 0 Å². The minimum absolute atomic E-state index is 0.138. The van der Waals surface area contributed by atoms with Crippen LogP contribution < -0.4 is 4.74 Å². The van der Waals surface area contributed by atoms with Gasteiger partial charge in [0.05, 0.1) is 18.4 Å². The van der Waals surface area contributed by atoms with Gasteiger partial charge in [-0.2, -0.15) is 5.10 Å². The zero-order chi connectivity index (χ0) is 11.6. The summed E-state index contributed by atoms with van der Waals surface area (Å²) in [6.07, 6.45) is 10.4. The van der Waals surface area contributed by atoms with E-state index < -0.39 is 0 Å². The van der Waals surface area contributed by atoms with Gasteiger partial charge in [0.1, 0.15) is 5.60 Å². The average Bonchev–Trinajstić information content (AvgIpc) is 2.65. The molecule has 1 aliphatic rings. The van der Waals surface area contributed by atoms with Gasteiger partial charge in [-0.3, -0.25) is 4.68 Å². The largest absolute Gasteiger partial charge is 0.485 e. The molecule has 1 fully saturated rings. The number of rotatable bonds is 2. The van der Waals surface area contributed by atoms with Gasteiger partial charge >= 0.3 is 0 Å². The molecule has 16 heavy (non-hydrogen) atoms. The predicted octanol–water partition coefficient (Wildman–Crippen LogP) is 3.57. The van der Waals surface area contributed by atoms with Gasteiger partial charge in [-0.15, -0.1) is 0 Å². The molecule has 2 rings (SSSR count). The third-order valence-electron chi connectivity index (χ3n) is 2.95. The van der Waals surface area contributed by atoms with Crippen LogP contribution in [0.4, 0.5) is 0 Å². The first kappa shape index (κ1) is 11.5. The van der Waals surface area contributed by atoms with E-state index in [2.05, 4.69) is 30.6 Å². The molecule has 3 nitrogen and oxygen atoms in total. The topological polar surface area (TPSA) is 27.1 Å². The second kappa shape index (κ2) is 4.48. The molecule has 0 amide bonds. The van der Waals surface area contributed by atoms with Crippen molar-refractivity contribution in [1.82, 2.24) is 9.78 Å². The van der Waals surface area contributed by atoms with Crippen LogP contribution in [0.15, 0.2) is 12.4 Å².